The standard InChI is InChI=1S/C20H30FN3O/c1-16-10-13-23(14-11-16)15-17-7-3-2-6-12-24(17)20(25)22-19-9-5-4-8-18(19)21/h4-5,8-9,16-17H,2-3,6-7,10-15H2,1H3,(H,22,25). The minimum absolute atomic E-state index is 0.164. The molecule has 1 aromatic rings. The van der Waals surface area contributed by atoms with Crippen molar-refractivity contribution in [2.75, 3.05) is 31.5 Å². The first-order valence-electron chi connectivity index (χ1n) is 9.68. The summed E-state index contributed by atoms with van der Waals surface area (Å²) in [5.74, 6) is 0.429. The van der Waals surface area contributed by atoms with Crippen LogP contribution < -0.4 is 5.32 Å². The molecule has 0 radical (unpaired) electrons. The normalized spacial score (nSPS) is 23.3. The first-order chi connectivity index (χ1) is 12.1. The molecule has 4 nitrogen and oxygen atoms in total. The summed E-state index contributed by atoms with van der Waals surface area (Å²) in [6.07, 6.45) is 6.88. The van der Waals surface area contributed by atoms with Crippen LogP contribution in [0.25, 0.3) is 0 Å². The molecule has 2 heterocycles. The lowest BCUT2D eigenvalue weighted by Gasteiger charge is -2.37. The Kier molecular flexibility index (Phi) is 6.29. The summed E-state index contributed by atoms with van der Waals surface area (Å²) in [6, 6.07) is 6.44. The fourth-order valence-electron chi connectivity index (χ4n) is 3.93. The number of para-hydroxylation sites is 1. The van der Waals surface area contributed by atoms with E-state index >= 15 is 0 Å². The molecular formula is C20H30FN3O. The molecule has 1 N–H and O–H groups in total. The van der Waals surface area contributed by atoms with Crippen LogP contribution in [0.1, 0.15) is 45.4 Å². The molecular weight excluding hydrogens is 317 g/mol. The van der Waals surface area contributed by atoms with Crippen molar-refractivity contribution in [1.29, 1.82) is 0 Å². The SMILES string of the molecule is CC1CCN(CC2CCCCCN2C(=O)Nc2ccccc2F)CC1. The van der Waals surface area contributed by atoms with Gasteiger partial charge in [-0.1, -0.05) is 31.9 Å². The van der Waals surface area contributed by atoms with Crippen LogP contribution in [0.2, 0.25) is 0 Å². The van der Waals surface area contributed by atoms with Crippen molar-refractivity contribution in [2.45, 2.75) is 51.5 Å². The monoisotopic (exact) mass is 347 g/mol. The molecule has 5 heteroatoms. The summed E-state index contributed by atoms with van der Waals surface area (Å²) in [5, 5.41) is 2.78. The Labute approximate surface area is 150 Å². The molecule has 0 saturated carbocycles. The van der Waals surface area contributed by atoms with Crippen LogP contribution in [-0.2, 0) is 0 Å². The van der Waals surface area contributed by atoms with E-state index in [0.29, 0.717) is 0 Å². The Morgan fingerprint density at radius 3 is 2.64 bits per heavy atom. The average molecular weight is 347 g/mol. The van der Waals surface area contributed by atoms with E-state index in [-0.39, 0.29) is 23.6 Å². The molecule has 0 aromatic heterocycles. The van der Waals surface area contributed by atoms with Crippen LogP contribution >= 0.6 is 0 Å². The summed E-state index contributed by atoms with van der Waals surface area (Å²) in [7, 11) is 0. The lowest BCUT2D eigenvalue weighted by atomic mass is 9.98. The van der Waals surface area contributed by atoms with Gasteiger partial charge in [0.15, 0.2) is 0 Å². The van der Waals surface area contributed by atoms with Gasteiger partial charge in [-0.05, 0) is 56.8 Å². The lowest BCUT2D eigenvalue weighted by Crippen LogP contribution is -2.49. The Morgan fingerprint density at radius 1 is 1.12 bits per heavy atom. The molecule has 2 aliphatic rings. The van der Waals surface area contributed by atoms with E-state index in [2.05, 4.69) is 17.1 Å². The van der Waals surface area contributed by atoms with Gasteiger partial charge in [-0.3, -0.25) is 0 Å². The molecule has 2 aliphatic heterocycles. The zero-order chi connectivity index (χ0) is 17.6. The number of hydrogen-bond donors (Lipinski definition) is 1. The highest BCUT2D eigenvalue weighted by Crippen LogP contribution is 2.23. The predicted molar refractivity (Wildman–Crippen MR) is 99.2 cm³/mol. The van der Waals surface area contributed by atoms with Crippen LogP contribution in [0.4, 0.5) is 14.9 Å². The number of carbonyl (C=O) groups is 1. The van der Waals surface area contributed by atoms with Crippen LogP contribution in [0.3, 0.4) is 0 Å². The third-order valence-corrected chi connectivity index (χ3v) is 5.60. The van der Waals surface area contributed by atoms with E-state index < -0.39 is 0 Å². The molecule has 0 spiro atoms. The highest BCUT2D eigenvalue weighted by molar-refractivity contribution is 5.89. The number of nitrogens with one attached hydrogen (secondary N) is 1. The van der Waals surface area contributed by atoms with Crippen molar-refractivity contribution in [3.05, 3.63) is 30.1 Å². The van der Waals surface area contributed by atoms with E-state index in [0.717, 1.165) is 51.4 Å². The van der Waals surface area contributed by atoms with Crippen molar-refractivity contribution in [3.63, 3.8) is 0 Å². The number of amides is 2. The number of hydrogen-bond acceptors (Lipinski definition) is 2. The van der Waals surface area contributed by atoms with Crippen LogP contribution in [0.5, 0.6) is 0 Å². The van der Waals surface area contributed by atoms with E-state index in [1.807, 2.05) is 4.90 Å². The lowest BCUT2D eigenvalue weighted by molar-refractivity contribution is 0.129. The quantitative estimate of drug-likeness (QED) is 0.883. The topological polar surface area (TPSA) is 35.6 Å². The Morgan fingerprint density at radius 2 is 1.88 bits per heavy atom. The molecule has 138 valence electrons. The van der Waals surface area contributed by atoms with E-state index in [9.17, 15) is 9.18 Å². The van der Waals surface area contributed by atoms with E-state index in [4.69, 9.17) is 0 Å². The number of carbonyl (C=O) groups excluding carboxylic acids is 1. The molecule has 1 atom stereocenters. The minimum atomic E-state index is -0.382. The molecule has 0 aliphatic carbocycles. The van der Waals surface area contributed by atoms with E-state index in [1.54, 1.807) is 18.2 Å². The van der Waals surface area contributed by atoms with Gasteiger partial charge in [0, 0.05) is 19.1 Å². The van der Waals surface area contributed by atoms with Crippen molar-refractivity contribution >= 4 is 11.7 Å². The molecule has 25 heavy (non-hydrogen) atoms. The van der Waals surface area contributed by atoms with Gasteiger partial charge in [-0.25, -0.2) is 9.18 Å². The van der Waals surface area contributed by atoms with Crippen molar-refractivity contribution < 1.29 is 9.18 Å². The third-order valence-electron chi connectivity index (χ3n) is 5.60. The summed E-state index contributed by atoms with van der Waals surface area (Å²) < 4.78 is 13.9. The predicted octanol–water partition coefficient (Wildman–Crippen LogP) is 4.33. The Hall–Kier alpha value is -1.62. The summed E-state index contributed by atoms with van der Waals surface area (Å²) >= 11 is 0. The maximum absolute atomic E-state index is 13.9. The number of rotatable bonds is 3. The maximum atomic E-state index is 13.9. The number of piperidine rings is 1. The van der Waals surface area contributed by atoms with Gasteiger partial charge >= 0.3 is 6.03 Å². The van der Waals surface area contributed by atoms with Crippen molar-refractivity contribution in [1.82, 2.24) is 9.80 Å². The van der Waals surface area contributed by atoms with Gasteiger partial charge in [-0.15, -0.1) is 0 Å². The third kappa shape index (κ3) is 4.94. The van der Waals surface area contributed by atoms with Gasteiger partial charge < -0.3 is 15.1 Å². The second kappa shape index (κ2) is 8.65. The fraction of sp³-hybridized carbons (Fsp3) is 0.650. The molecule has 3 rings (SSSR count). The summed E-state index contributed by atoms with van der Waals surface area (Å²) in [4.78, 5) is 17.2. The van der Waals surface area contributed by atoms with Gasteiger partial charge in [0.1, 0.15) is 5.82 Å². The average Bonchev–Trinajstić information content (AvgIpc) is 2.84. The maximum Gasteiger partial charge on any atom is 0.322 e. The number of benzene rings is 1. The largest absolute Gasteiger partial charge is 0.322 e. The Balaban J connectivity index is 1.65. The molecule has 1 unspecified atom stereocenters. The smallest absolute Gasteiger partial charge is 0.320 e. The van der Waals surface area contributed by atoms with Crippen molar-refractivity contribution in [2.24, 2.45) is 5.92 Å². The van der Waals surface area contributed by atoms with E-state index in [1.165, 1.54) is 25.3 Å². The highest BCUT2D eigenvalue weighted by Gasteiger charge is 2.28. The first kappa shape index (κ1) is 18.2. The summed E-state index contributed by atoms with van der Waals surface area (Å²) in [5.41, 5.74) is 0.266. The molecule has 0 bridgehead atoms. The number of urea groups is 1. The van der Waals surface area contributed by atoms with Gasteiger partial charge in [0.2, 0.25) is 0 Å². The number of nitrogens with zero attached hydrogens (tertiary/aromatic N) is 2. The fourth-order valence-corrected chi connectivity index (χ4v) is 3.93. The highest BCUT2D eigenvalue weighted by atomic mass is 19.1. The molecule has 1 aromatic carbocycles. The second-order valence-electron chi connectivity index (χ2n) is 7.59. The van der Waals surface area contributed by atoms with Gasteiger partial charge in [0.05, 0.1) is 5.69 Å². The molecule has 2 saturated heterocycles. The Bertz CT molecular complexity index is 572. The zero-order valence-corrected chi connectivity index (χ0v) is 15.2. The molecule has 2 amide bonds. The zero-order valence-electron chi connectivity index (χ0n) is 15.2. The van der Waals surface area contributed by atoms with Gasteiger partial charge in [0.25, 0.3) is 0 Å². The van der Waals surface area contributed by atoms with Crippen LogP contribution in [0.15, 0.2) is 24.3 Å². The summed E-state index contributed by atoms with van der Waals surface area (Å²) in [6.45, 7) is 6.27. The second-order valence-corrected chi connectivity index (χ2v) is 7.59. The first-order valence-corrected chi connectivity index (χ1v) is 9.68. The van der Waals surface area contributed by atoms with Crippen molar-refractivity contribution in [3.8, 4) is 0 Å². The minimum Gasteiger partial charge on any atom is -0.320 e. The number of likely N-dealkylation sites (tertiary alicyclic amines) is 2. The van der Waals surface area contributed by atoms with Crippen LogP contribution in [0, 0.1) is 11.7 Å². The number of anilines is 1. The number of halogens is 1. The van der Waals surface area contributed by atoms with Gasteiger partial charge in [-0.2, -0.15) is 0 Å². The van der Waals surface area contributed by atoms with Crippen LogP contribution in [-0.4, -0.2) is 48.1 Å². The molecule has 2 fully saturated rings.